The van der Waals surface area contributed by atoms with Crippen LogP contribution in [0.2, 0.25) is 0 Å². The van der Waals surface area contributed by atoms with Gasteiger partial charge in [-0.15, -0.1) is 0 Å². The molecule has 0 spiro atoms. The normalized spacial score (nSPS) is 15.4. The number of hydrogen-bond donors (Lipinski definition) is 1. The molecule has 0 bridgehead atoms. The van der Waals surface area contributed by atoms with Crippen molar-refractivity contribution in [2.75, 3.05) is 17.4 Å². The van der Waals surface area contributed by atoms with Gasteiger partial charge >= 0.3 is 0 Å². The second kappa shape index (κ2) is 5.42. The van der Waals surface area contributed by atoms with Crippen LogP contribution in [0.3, 0.4) is 0 Å². The molecule has 2 aromatic rings. The van der Waals surface area contributed by atoms with Gasteiger partial charge in [-0.25, -0.2) is 9.37 Å². The van der Waals surface area contributed by atoms with Crippen LogP contribution in [-0.4, -0.2) is 26.5 Å². The van der Waals surface area contributed by atoms with Crippen molar-refractivity contribution in [1.29, 1.82) is 0 Å². The second-order valence-corrected chi connectivity index (χ2v) is 6.45. The Morgan fingerprint density at radius 1 is 1.19 bits per heavy atom. The van der Waals surface area contributed by atoms with Crippen molar-refractivity contribution < 1.29 is 12.8 Å². The van der Waals surface area contributed by atoms with E-state index >= 15 is 0 Å². The third-order valence-electron chi connectivity index (χ3n) is 3.33. The van der Waals surface area contributed by atoms with Crippen molar-refractivity contribution >= 4 is 15.7 Å². The topological polar surface area (TPSA) is 62.3 Å². The van der Waals surface area contributed by atoms with E-state index < -0.39 is 20.9 Å². The van der Waals surface area contributed by atoms with Gasteiger partial charge in [0.1, 0.15) is 0 Å². The van der Waals surface area contributed by atoms with Crippen LogP contribution in [0, 0.1) is 5.82 Å². The molecule has 0 saturated heterocycles. The van der Waals surface area contributed by atoms with E-state index in [1.807, 2.05) is 12.1 Å². The molecule has 21 heavy (non-hydrogen) atoms. The Morgan fingerprint density at radius 3 is 2.81 bits per heavy atom. The number of nitrogens with zero attached hydrogens (tertiary/aromatic N) is 2. The summed E-state index contributed by atoms with van der Waals surface area (Å²) in [7, 11) is -4.02. The van der Waals surface area contributed by atoms with Crippen LogP contribution in [0.25, 0.3) is 0 Å². The summed E-state index contributed by atoms with van der Waals surface area (Å²) in [6.45, 7) is 1.30. The summed E-state index contributed by atoms with van der Waals surface area (Å²) in [5, 5.41) is 2.61. The first-order valence-electron chi connectivity index (χ1n) is 6.52. The summed E-state index contributed by atoms with van der Waals surface area (Å²) in [5.41, 5.74) is 1.42. The molecule has 1 N–H and O–H groups in total. The van der Waals surface area contributed by atoms with Crippen LogP contribution >= 0.6 is 0 Å². The van der Waals surface area contributed by atoms with Crippen molar-refractivity contribution in [2.24, 2.45) is 0 Å². The standard InChI is InChI=1S/C14H14FN3O2S/c15-12-5-3-7-17-14(12)21(19,20)18-9-8-16-10-11-4-1-2-6-13(11)18/h1-7,16H,8-10H2. The number of anilines is 1. The van der Waals surface area contributed by atoms with Gasteiger partial charge in [-0.05, 0) is 23.8 Å². The molecular weight excluding hydrogens is 293 g/mol. The second-order valence-electron chi connectivity index (χ2n) is 4.67. The zero-order chi connectivity index (χ0) is 14.9. The number of hydrogen-bond acceptors (Lipinski definition) is 4. The zero-order valence-electron chi connectivity index (χ0n) is 11.2. The Hall–Kier alpha value is -1.99. The maximum Gasteiger partial charge on any atom is 0.284 e. The number of pyridine rings is 1. The molecule has 110 valence electrons. The van der Waals surface area contributed by atoms with Crippen LogP contribution in [0.1, 0.15) is 5.56 Å². The fourth-order valence-corrected chi connectivity index (χ4v) is 3.83. The molecule has 1 aromatic heterocycles. The lowest BCUT2D eigenvalue weighted by Crippen LogP contribution is -2.35. The lowest BCUT2D eigenvalue weighted by molar-refractivity contribution is 0.550. The highest BCUT2D eigenvalue weighted by Crippen LogP contribution is 2.28. The summed E-state index contributed by atoms with van der Waals surface area (Å²) in [4.78, 5) is 3.70. The summed E-state index contributed by atoms with van der Waals surface area (Å²) < 4.78 is 40.5. The minimum atomic E-state index is -4.02. The van der Waals surface area contributed by atoms with Gasteiger partial charge < -0.3 is 5.32 Å². The number of benzene rings is 1. The van der Waals surface area contributed by atoms with E-state index in [1.165, 1.54) is 16.6 Å². The predicted molar refractivity (Wildman–Crippen MR) is 76.9 cm³/mol. The Labute approximate surface area is 122 Å². The Morgan fingerprint density at radius 2 is 2.00 bits per heavy atom. The SMILES string of the molecule is O=S(=O)(c1ncccc1F)N1CCNCc2ccccc21. The molecule has 0 aliphatic carbocycles. The molecule has 1 aliphatic rings. The average molecular weight is 307 g/mol. The third-order valence-corrected chi connectivity index (χ3v) is 5.08. The molecule has 7 heteroatoms. The van der Waals surface area contributed by atoms with Gasteiger partial charge in [0.05, 0.1) is 5.69 Å². The minimum absolute atomic E-state index is 0.232. The summed E-state index contributed by atoms with van der Waals surface area (Å²) in [6.07, 6.45) is 1.28. The first kappa shape index (κ1) is 14.0. The highest BCUT2D eigenvalue weighted by atomic mass is 32.2. The fraction of sp³-hybridized carbons (Fsp3) is 0.214. The molecule has 0 amide bonds. The van der Waals surface area contributed by atoms with E-state index in [0.29, 0.717) is 18.8 Å². The van der Waals surface area contributed by atoms with E-state index in [1.54, 1.807) is 12.1 Å². The van der Waals surface area contributed by atoms with Gasteiger partial charge in [-0.1, -0.05) is 18.2 Å². The maximum absolute atomic E-state index is 13.8. The smallest absolute Gasteiger partial charge is 0.284 e. The van der Waals surface area contributed by atoms with Gasteiger partial charge in [-0.2, -0.15) is 8.42 Å². The number of fused-ring (bicyclic) bond motifs is 1. The van der Waals surface area contributed by atoms with E-state index in [4.69, 9.17) is 0 Å². The fourth-order valence-electron chi connectivity index (χ4n) is 2.34. The third kappa shape index (κ3) is 2.50. The molecule has 1 aliphatic heterocycles. The molecule has 2 heterocycles. The molecule has 3 rings (SSSR count). The van der Waals surface area contributed by atoms with E-state index in [-0.39, 0.29) is 6.54 Å². The number of nitrogens with one attached hydrogen (secondary N) is 1. The van der Waals surface area contributed by atoms with E-state index in [2.05, 4.69) is 10.3 Å². The number of sulfonamides is 1. The highest BCUT2D eigenvalue weighted by molar-refractivity contribution is 7.92. The minimum Gasteiger partial charge on any atom is -0.311 e. The molecule has 0 fully saturated rings. The van der Waals surface area contributed by atoms with Crippen LogP contribution in [0.5, 0.6) is 0 Å². The molecule has 0 saturated carbocycles. The number of halogens is 1. The summed E-state index contributed by atoms with van der Waals surface area (Å²) in [6, 6.07) is 9.65. The van der Waals surface area contributed by atoms with Crippen molar-refractivity contribution in [3.05, 3.63) is 54.0 Å². The van der Waals surface area contributed by atoms with Gasteiger partial charge in [0.15, 0.2) is 5.82 Å². The number of para-hydroxylation sites is 1. The molecule has 0 atom stereocenters. The average Bonchev–Trinajstić information content (AvgIpc) is 2.70. The molecule has 0 radical (unpaired) electrons. The van der Waals surface area contributed by atoms with Crippen LogP contribution in [0.4, 0.5) is 10.1 Å². The lowest BCUT2D eigenvalue weighted by Gasteiger charge is -2.23. The lowest BCUT2D eigenvalue weighted by atomic mass is 10.2. The monoisotopic (exact) mass is 307 g/mol. The van der Waals surface area contributed by atoms with E-state index in [0.717, 1.165) is 11.6 Å². The molecular formula is C14H14FN3O2S. The van der Waals surface area contributed by atoms with Crippen molar-refractivity contribution in [3.63, 3.8) is 0 Å². The van der Waals surface area contributed by atoms with Crippen molar-refractivity contribution in [2.45, 2.75) is 11.6 Å². The van der Waals surface area contributed by atoms with Crippen molar-refractivity contribution in [3.8, 4) is 0 Å². The van der Waals surface area contributed by atoms with Crippen LogP contribution in [0.15, 0.2) is 47.6 Å². The molecule has 5 nitrogen and oxygen atoms in total. The van der Waals surface area contributed by atoms with Gasteiger partial charge in [-0.3, -0.25) is 4.31 Å². The Bertz CT molecular complexity index is 764. The first-order valence-corrected chi connectivity index (χ1v) is 7.96. The summed E-state index contributed by atoms with van der Waals surface area (Å²) in [5.74, 6) is -0.841. The largest absolute Gasteiger partial charge is 0.311 e. The van der Waals surface area contributed by atoms with Gasteiger partial charge in [0, 0.05) is 25.8 Å². The van der Waals surface area contributed by atoms with Crippen LogP contribution in [-0.2, 0) is 16.6 Å². The molecule has 0 unspecified atom stereocenters. The van der Waals surface area contributed by atoms with Crippen molar-refractivity contribution in [1.82, 2.24) is 10.3 Å². The van der Waals surface area contributed by atoms with Gasteiger partial charge in [0.2, 0.25) is 5.03 Å². The molecule has 1 aromatic carbocycles. The zero-order valence-corrected chi connectivity index (χ0v) is 12.0. The Balaban J connectivity index is 2.13. The quantitative estimate of drug-likeness (QED) is 0.914. The Kier molecular flexibility index (Phi) is 3.60. The number of rotatable bonds is 2. The van der Waals surface area contributed by atoms with Crippen LogP contribution < -0.4 is 9.62 Å². The van der Waals surface area contributed by atoms with E-state index in [9.17, 15) is 12.8 Å². The highest BCUT2D eigenvalue weighted by Gasteiger charge is 2.31. The predicted octanol–water partition coefficient (Wildman–Crippen LogP) is 1.52. The maximum atomic E-state index is 13.8. The first-order chi connectivity index (χ1) is 10.1. The summed E-state index contributed by atoms with van der Waals surface area (Å²) >= 11 is 0. The van der Waals surface area contributed by atoms with Gasteiger partial charge in [0.25, 0.3) is 10.0 Å². The number of aromatic nitrogens is 1.